The van der Waals surface area contributed by atoms with E-state index in [0.717, 1.165) is 6.07 Å². The van der Waals surface area contributed by atoms with Crippen molar-refractivity contribution in [1.29, 1.82) is 0 Å². The number of imidazole rings is 1. The lowest BCUT2D eigenvalue weighted by atomic mass is 10.3. The first-order valence-electron chi connectivity index (χ1n) is 5.61. The van der Waals surface area contributed by atoms with E-state index in [9.17, 15) is 8.78 Å². The molecule has 0 aliphatic carbocycles. The molecule has 0 radical (unpaired) electrons. The summed E-state index contributed by atoms with van der Waals surface area (Å²) in [4.78, 5) is 3.94. The molecule has 0 unspecified atom stereocenters. The van der Waals surface area contributed by atoms with E-state index >= 15 is 0 Å². The smallest absolute Gasteiger partial charge is 0.206 e. The van der Waals surface area contributed by atoms with Crippen LogP contribution in [-0.4, -0.2) is 19.3 Å². The summed E-state index contributed by atoms with van der Waals surface area (Å²) in [6.45, 7) is 1.79. The summed E-state index contributed by atoms with van der Waals surface area (Å²) >= 11 is 0. The Morgan fingerprint density at radius 2 is 2.00 bits per heavy atom. The molecule has 5 nitrogen and oxygen atoms in total. The van der Waals surface area contributed by atoms with Gasteiger partial charge in [-0.1, -0.05) is 0 Å². The van der Waals surface area contributed by atoms with Gasteiger partial charge in [-0.15, -0.1) is 0 Å². The lowest BCUT2D eigenvalue weighted by molar-refractivity contribution is 0.590. The fraction of sp³-hybridized carbons (Fsp3) is 0.167. The molecular formula is C12H11F2N5. The summed E-state index contributed by atoms with van der Waals surface area (Å²) in [5, 5.41) is 4.18. The fourth-order valence-corrected chi connectivity index (χ4v) is 2.18. The Morgan fingerprint density at radius 1 is 1.26 bits per heavy atom. The van der Waals surface area contributed by atoms with Crippen molar-refractivity contribution in [2.75, 3.05) is 5.73 Å². The number of anilines is 1. The van der Waals surface area contributed by atoms with E-state index in [-0.39, 0.29) is 17.0 Å². The van der Waals surface area contributed by atoms with Crippen LogP contribution in [0.15, 0.2) is 18.3 Å². The number of halogens is 2. The van der Waals surface area contributed by atoms with Crippen LogP contribution >= 0.6 is 0 Å². The standard InChI is InChI=1S/C12H11F2N5/c1-6-10(5-18(2)17-6)19-9-4-7(13)3-8(14)11(9)16-12(19)15/h3-5H,1-2H3,(H2,15,16). The maximum Gasteiger partial charge on any atom is 0.206 e. The molecule has 0 saturated heterocycles. The quantitative estimate of drug-likeness (QED) is 0.729. The van der Waals surface area contributed by atoms with Crippen LogP contribution in [0.3, 0.4) is 0 Å². The lowest BCUT2D eigenvalue weighted by Crippen LogP contribution is -2.01. The number of nitrogens with zero attached hydrogens (tertiary/aromatic N) is 4. The number of hydrogen-bond donors (Lipinski definition) is 1. The third-order valence-corrected chi connectivity index (χ3v) is 2.93. The van der Waals surface area contributed by atoms with Crippen LogP contribution < -0.4 is 5.73 Å². The van der Waals surface area contributed by atoms with Crippen LogP contribution in [0.25, 0.3) is 16.7 Å². The molecule has 19 heavy (non-hydrogen) atoms. The molecule has 1 aromatic carbocycles. The zero-order valence-corrected chi connectivity index (χ0v) is 10.4. The Labute approximate surface area is 107 Å². The van der Waals surface area contributed by atoms with Gasteiger partial charge >= 0.3 is 0 Å². The van der Waals surface area contributed by atoms with Crippen LogP contribution in [0.2, 0.25) is 0 Å². The largest absolute Gasteiger partial charge is 0.369 e. The minimum Gasteiger partial charge on any atom is -0.369 e. The molecule has 3 rings (SSSR count). The van der Waals surface area contributed by atoms with Gasteiger partial charge in [-0.05, 0) is 6.92 Å². The van der Waals surface area contributed by atoms with Crippen molar-refractivity contribution in [1.82, 2.24) is 19.3 Å². The van der Waals surface area contributed by atoms with E-state index in [0.29, 0.717) is 11.4 Å². The Balaban J connectivity index is 2.41. The molecule has 0 fully saturated rings. The third kappa shape index (κ3) is 1.66. The molecule has 2 heterocycles. The van der Waals surface area contributed by atoms with Gasteiger partial charge < -0.3 is 5.73 Å². The van der Waals surface area contributed by atoms with E-state index < -0.39 is 11.6 Å². The second-order valence-corrected chi connectivity index (χ2v) is 4.33. The van der Waals surface area contributed by atoms with Gasteiger partial charge in [-0.3, -0.25) is 9.25 Å². The Hall–Kier alpha value is -2.44. The molecule has 0 saturated carbocycles. The van der Waals surface area contributed by atoms with Crippen molar-refractivity contribution in [3.63, 3.8) is 0 Å². The average Bonchev–Trinajstić information content (AvgIpc) is 2.78. The van der Waals surface area contributed by atoms with Crippen LogP contribution in [0.4, 0.5) is 14.7 Å². The van der Waals surface area contributed by atoms with E-state index in [1.165, 1.54) is 10.6 Å². The van der Waals surface area contributed by atoms with Gasteiger partial charge in [0.1, 0.15) is 11.3 Å². The second kappa shape index (κ2) is 3.78. The number of nitrogen functional groups attached to an aromatic ring is 1. The summed E-state index contributed by atoms with van der Waals surface area (Å²) in [7, 11) is 1.76. The minimum absolute atomic E-state index is 0.0437. The van der Waals surface area contributed by atoms with Gasteiger partial charge in [0.2, 0.25) is 5.95 Å². The number of rotatable bonds is 1. The van der Waals surface area contributed by atoms with Crippen molar-refractivity contribution >= 4 is 17.0 Å². The highest BCUT2D eigenvalue weighted by Crippen LogP contribution is 2.27. The summed E-state index contributed by atoms with van der Waals surface area (Å²) < 4.78 is 30.1. The topological polar surface area (TPSA) is 61.7 Å². The summed E-state index contributed by atoms with van der Waals surface area (Å²) in [5.41, 5.74) is 7.47. The fourth-order valence-electron chi connectivity index (χ4n) is 2.18. The number of benzene rings is 1. The summed E-state index contributed by atoms with van der Waals surface area (Å²) in [6, 6.07) is 1.99. The first-order valence-corrected chi connectivity index (χ1v) is 5.61. The molecule has 3 aromatic rings. The second-order valence-electron chi connectivity index (χ2n) is 4.33. The van der Waals surface area contributed by atoms with Gasteiger partial charge in [0.25, 0.3) is 0 Å². The van der Waals surface area contributed by atoms with Crippen LogP contribution in [0, 0.1) is 18.6 Å². The maximum atomic E-state index is 13.7. The highest BCUT2D eigenvalue weighted by Gasteiger charge is 2.17. The van der Waals surface area contributed by atoms with E-state index in [2.05, 4.69) is 10.1 Å². The number of nitrogens with two attached hydrogens (primary N) is 1. The predicted octanol–water partition coefficient (Wildman–Crippen LogP) is 1.93. The molecule has 0 aliphatic heterocycles. The molecule has 0 aliphatic rings. The molecule has 2 aromatic heterocycles. The SMILES string of the molecule is Cc1nn(C)cc1-n1c(N)nc2c(F)cc(F)cc21. The van der Waals surface area contributed by atoms with Crippen LogP contribution in [-0.2, 0) is 7.05 Å². The zero-order chi connectivity index (χ0) is 13.7. The summed E-state index contributed by atoms with van der Waals surface area (Å²) in [5.74, 6) is -1.31. The Bertz CT molecular complexity index is 787. The Morgan fingerprint density at radius 3 is 2.63 bits per heavy atom. The Kier molecular flexibility index (Phi) is 2.31. The van der Waals surface area contributed by atoms with Gasteiger partial charge in [0.15, 0.2) is 5.82 Å². The van der Waals surface area contributed by atoms with Crippen molar-refractivity contribution < 1.29 is 8.78 Å². The molecule has 7 heteroatoms. The van der Waals surface area contributed by atoms with Crippen molar-refractivity contribution in [2.45, 2.75) is 6.92 Å². The predicted molar refractivity (Wildman–Crippen MR) is 66.9 cm³/mol. The van der Waals surface area contributed by atoms with Crippen molar-refractivity contribution in [2.24, 2.45) is 7.05 Å². The van der Waals surface area contributed by atoms with E-state index in [1.54, 1.807) is 24.9 Å². The molecule has 2 N–H and O–H groups in total. The molecule has 0 amide bonds. The molecule has 0 bridgehead atoms. The molecule has 0 spiro atoms. The first kappa shape index (κ1) is 11.6. The minimum atomic E-state index is -0.734. The highest BCUT2D eigenvalue weighted by molar-refractivity contribution is 5.81. The number of hydrogen-bond acceptors (Lipinski definition) is 3. The molecule has 0 atom stereocenters. The van der Waals surface area contributed by atoms with Gasteiger partial charge in [0.05, 0.1) is 16.9 Å². The average molecular weight is 263 g/mol. The number of aromatic nitrogens is 4. The maximum absolute atomic E-state index is 13.7. The first-order chi connectivity index (χ1) is 8.97. The molecule has 98 valence electrons. The normalized spacial score (nSPS) is 11.4. The van der Waals surface area contributed by atoms with Gasteiger partial charge in [0, 0.05) is 25.4 Å². The van der Waals surface area contributed by atoms with E-state index in [4.69, 9.17) is 5.73 Å². The van der Waals surface area contributed by atoms with Gasteiger partial charge in [-0.2, -0.15) is 5.10 Å². The summed E-state index contributed by atoms with van der Waals surface area (Å²) in [6.07, 6.45) is 1.72. The van der Waals surface area contributed by atoms with Crippen molar-refractivity contribution in [3.8, 4) is 5.69 Å². The lowest BCUT2D eigenvalue weighted by Gasteiger charge is -2.04. The van der Waals surface area contributed by atoms with Gasteiger partial charge in [-0.25, -0.2) is 13.8 Å². The van der Waals surface area contributed by atoms with Crippen molar-refractivity contribution in [3.05, 3.63) is 35.7 Å². The highest BCUT2D eigenvalue weighted by atomic mass is 19.1. The van der Waals surface area contributed by atoms with E-state index in [1.807, 2.05) is 0 Å². The van der Waals surface area contributed by atoms with Crippen LogP contribution in [0.5, 0.6) is 0 Å². The van der Waals surface area contributed by atoms with Crippen LogP contribution in [0.1, 0.15) is 5.69 Å². The number of fused-ring (bicyclic) bond motifs is 1. The third-order valence-electron chi connectivity index (χ3n) is 2.93. The zero-order valence-electron chi connectivity index (χ0n) is 10.4. The monoisotopic (exact) mass is 263 g/mol. The number of aryl methyl sites for hydroxylation is 2. The molecular weight excluding hydrogens is 252 g/mol.